The van der Waals surface area contributed by atoms with Gasteiger partial charge in [0.25, 0.3) is 0 Å². The molecule has 1 aliphatic heterocycles. The second-order valence-electron chi connectivity index (χ2n) is 7.62. The fourth-order valence-corrected chi connectivity index (χ4v) is 3.54. The summed E-state index contributed by atoms with van der Waals surface area (Å²) in [5.41, 5.74) is 5.95. The predicted molar refractivity (Wildman–Crippen MR) is 112 cm³/mol. The lowest BCUT2D eigenvalue weighted by Crippen LogP contribution is -2.39. The van der Waals surface area contributed by atoms with Crippen LogP contribution in [-0.2, 0) is 0 Å². The molecule has 0 radical (unpaired) electrons. The summed E-state index contributed by atoms with van der Waals surface area (Å²) in [5, 5.41) is 0. The quantitative estimate of drug-likeness (QED) is 0.287. The van der Waals surface area contributed by atoms with Gasteiger partial charge in [-0.15, -0.1) is 0 Å². The van der Waals surface area contributed by atoms with E-state index in [1.807, 2.05) is 6.92 Å². The maximum absolute atomic E-state index is 5.95. The third-order valence-corrected chi connectivity index (χ3v) is 5.09. The summed E-state index contributed by atoms with van der Waals surface area (Å²) in [6.07, 6.45) is 22.9. The number of nitrogens with zero attached hydrogens (tertiary/aromatic N) is 2. The molecule has 0 bridgehead atoms. The van der Waals surface area contributed by atoms with Crippen molar-refractivity contribution >= 4 is 5.84 Å². The molecule has 0 fully saturated rings. The molecule has 3 nitrogen and oxygen atoms in total. The minimum absolute atomic E-state index is 0.0623. The Morgan fingerprint density at radius 1 is 0.920 bits per heavy atom. The number of aliphatic imine (C=N–C) groups is 1. The van der Waals surface area contributed by atoms with Crippen molar-refractivity contribution in [3.05, 3.63) is 12.2 Å². The zero-order chi connectivity index (χ0) is 18.2. The first-order valence-corrected chi connectivity index (χ1v) is 11.0. The third-order valence-electron chi connectivity index (χ3n) is 5.09. The highest BCUT2D eigenvalue weighted by atomic mass is 15.2. The summed E-state index contributed by atoms with van der Waals surface area (Å²) in [7, 11) is 0. The summed E-state index contributed by atoms with van der Waals surface area (Å²) in [5.74, 6) is 1.08. The molecule has 0 saturated carbocycles. The lowest BCUT2D eigenvalue weighted by Gasteiger charge is -2.20. The van der Waals surface area contributed by atoms with Crippen molar-refractivity contribution in [2.24, 2.45) is 10.7 Å². The van der Waals surface area contributed by atoms with Gasteiger partial charge in [-0.1, -0.05) is 89.7 Å². The minimum atomic E-state index is 0.0623. The van der Waals surface area contributed by atoms with Gasteiger partial charge < -0.3 is 10.6 Å². The molecule has 1 heterocycles. The molecule has 2 N–H and O–H groups in total. The number of amidine groups is 1. The lowest BCUT2D eigenvalue weighted by molar-refractivity contribution is 0.491. The van der Waals surface area contributed by atoms with Gasteiger partial charge in [0.1, 0.15) is 5.84 Å². The summed E-state index contributed by atoms with van der Waals surface area (Å²) in [6, 6.07) is 0.0623. The van der Waals surface area contributed by atoms with Crippen molar-refractivity contribution in [2.75, 3.05) is 19.6 Å². The summed E-state index contributed by atoms with van der Waals surface area (Å²) in [4.78, 5) is 6.80. The first kappa shape index (κ1) is 22.2. The highest BCUT2D eigenvalue weighted by molar-refractivity contribution is 5.88. The normalized spacial score (nSPS) is 16.0. The molecular formula is C22H43N3. The van der Waals surface area contributed by atoms with Gasteiger partial charge in [0.2, 0.25) is 0 Å². The highest BCUT2D eigenvalue weighted by Crippen LogP contribution is 2.12. The molecule has 1 unspecified atom stereocenters. The van der Waals surface area contributed by atoms with Gasteiger partial charge in [-0.25, -0.2) is 0 Å². The zero-order valence-electron chi connectivity index (χ0n) is 17.0. The predicted octanol–water partition coefficient (Wildman–Crippen LogP) is 5.70. The van der Waals surface area contributed by atoms with Gasteiger partial charge in [-0.2, -0.15) is 0 Å². The monoisotopic (exact) mass is 349 g/mol. The molecule has 1 aliphatic rings. The van der Waals surface area contributed by atoms with Crippen LogP contribution in [0.15, 0.2) is 17.1 Å². The van der Waals surface area contributed by atoms with E-state index in [4.69, 9.17) is 5.73 Å². The van der Waals surface area contributed by atoms with Crippen LogP contribution < -0.4 is 5.73 Å². The van der Waals surface area contributed by atoms with Crippen LogP contribution in [0.2, 0.25) is 0 Å². The molecule has 0 aromatic carbocycles. The van der Waals surface area contributed by atoms with Crippen LogP contribution in [0, 0.1) is 0 Å². The van der Waals surface area contributed by atoms with Crippen LogP contribution in [-0.4, -0.2) is 36.4 Å². The van der Waals surface area contributed by atoms with Crippen molar-refractivity contribution < 1.29 is 0 Å². The van der Waals surface area contributed by atoms with Gasteiger partial charge in [0.05, 0.1) is 12.6 Å². The number of rotatable bonds is 16. The molecule has 0 saturated heterocycles. The first-order chi connectivity index (χ1) is 12.3. The average Bonchev–Trinajstić information content (AvgIpc) is 3.07. The zero-order valence-corrected chi connectivity index (χ0v) is 17.0. The van der Waals surface area contributed by atoms with E-state index in [-0.39, 0.29) is 6.04 Å². The molecular weight excluding hydrogens is 306 g/mol. The summed E-state index contributed by atoms with van der Waals surface area (Å²) < 4.78 is 0. The van der Waals surface area contributed by atoms with Crippen LogP contribution in [0.25, 0.3) is 0 Å². The number of hydrogen-bond donors (Lipinski definition) is 1. The molecule has 25 heavy (non-hydrogen) atoms. The summed E-state index contributed by atoms with van der Waals surface area (Å²) >= 11 is 0. The smallest absolute Gasteiger partial charge is 0.116 e. The molecule has 0 aromatic heterocycles. The number of hydrogen-bond acceptors (Lipinski definition) is 3. The number of allylic oxidation sites excluding steroid dienone is 1. The van der Waals surface area contributed by atoms with Crippen molar-refractivity contribution in [3.63, 3.8) is 0 Å². The average molecular weight is 350 g/mol. The Balaban J connectivity index is 1.83. The third kappa shape index (κ3) is 11.4. The Bertz CT molecular complexity index is 360. The molecule has 1 rings (SSSR count). The van der Waals surface area contributed by atoms with E-state index in [1.165, 1.54) is 83.5 Å². The van der Waals surface area contributed by atoms with Crippen molar-refractivity contribution in [2.45, 2.75) is 103 Å². The fraction of sp³-hybridized carbons (Fsp3) is 0.864. The fourth-order valence-electron chi connectivity index (χ4n) is 3.54. The van der Waals surface area contributed by atoms with Crippen LogP contribution >= 0.6 is 0 Å². The van der Waals surface area contributed by atoms with Crippen molar-refractivity contribution in [1.29, 1.82) is 0 Å². The van der Waals surface area contributed by atoms with E-state index >= 15 is 0 Å². The Kier molecular flexibility index (Phi) is 13.7. The number of nitrogens with two attached hydrogens (primary N) is 1. The second-order valence-corrected chi connectivity index (χ2v) is 7.62. The van der Waals surface area contributed by atoms with Crippen molar-refractivity contribution in [1.82, 2.24) is 4.90 Å². The first-order valence-electron chi connectivity index (χ1n) is 11.0. The SMILES string of the molecule is CCCCCCCCCCCCCCC=CCN1CCN=C1C(C)N. The highest BCUT2D eigenvalue weighted by Gasteiger charge is 2.18. The van der Waals surface area contributed by atoms with Gasteiger partial charge in [-0.05, 0) is 19.8 Å². The molecule has 3 heteroatoms. The lowest BCUT2D eigenvalue weighted by atomic mass is 10.0. The largest absolute Gasteiger partial charge is 0.353 e. The Hall–Kier alpha value is -0.830. The van der Waals surface area contributed by atoms with Gasteiger partial charge in [0.15, 0.2) is 0 Å². The van der Waals surface area contributed by atoms with Crippen LogP contribution in [0.1, 0.15) is 97.3 Å². The van der Waals surface area contributed by atoms with E-state index in [9.17, 15) is 0 Å². The topological polar surface area (TPSA) is 41.6 Å². The Labute approximate surface area is 157 Å². The van der Waals surface area contributed by atoms with Gasteiger partial charge in [-0.3, -0.25) is 4.99 Å². The van der Waals surface area contributed by atoms with Crippen molar-refractivity contribution in [3.8, 4) is 0 Å². The molecule has 0 aliphatic carbocycles. The maximum atomic E-state index is 5.95. The van der Waals surface area contributed by atoms with E-state index in [2.05, 4.69) is 29.0 Å². The van der Waals surface area contributed by atoms with Crippen LogP contribution in [0.5, 0.6) is 0 Å². The Morgan fingerprint density at radius 2 is 1.48 bits per heavy atom. The maximum Gasteiger partial charge on any atom is 0.116 e. The molecule has 146 valence electrons. The van der Waals surface area contributed by atoms with Crippen LogP contribution in [0.3, 0.4) is 0 Å². The standard InChI is InChI=1S/C22H43N3/c1-3-4-5-6-7-8-9-10-11-12-13-14-15-16-17-19-25-20-18-24-22(25)21(2)23/h16-17,21H,3-15,18-20,23H2,1-2H3. The van der Waals surface area contributed by atoms with Gasteiger partial charge in [0, 0.05) is 13.1 Å². The van der Waals surface area contributed by atoms with E-state index in [0.29, 0.717) is 0 Å². The Morgan fingerprint density at radius 3 is 2.04 bits per heavy atom. The molecule has 0 spiro atoms. The van der Waals surface area contributed by atoms with Gasteiger partial charge >= 0.3 is 0 Å². The molecule has 0 aromatic rings. The number of unbranched alkanes of at least 4 members (excludes halogenated alkanes) is 12. The summed E-state index contributed by atoms with van der Waals surface area (Å²) in [6.45, 7) is 7.21. The second kappa shape index (κ2) is 15.4. The molecule has 0 amide bonds. The molecule has 1 atom stereocenters. The van der Waals surface area contributed by atoms with E-state index < -0.39 is 0 Å². The minimum Gasteiger partial charge on any atom is -0.353 e. The van der Waals surface area contributed by atoms with Crippen LogP contribution in [0.4, 0.5) is 0 Å². The van der Waals surface area contributed by atoms with E-state index in [0.717, 1.165) is 25.5 Å². The van der Waals surface area contributed by atoms with E-state index in [1.54, 1.807) is 0 Å².